The van der Waals surface area contributed by atoms with Crippen molar-refractivity contribution < 1.29 is 23.5 Å². The number of rotatable bonds is 10. The summed E-state index contributed by atoms with van der Waals surface area (Å²) in [6.45, 7) is 6.35. The average Bonchev–Trinajstić information content (AvgIpc) is 3.43. The molecule has 2 aromatic heterocycles. The van der Waals surface area contributed by atoms with Crippen LogP contribution in [0.3, 0.4) is 0 Å². The largest absolute Gasteiger partial charge is 0.493 e. The molecule has 10 nitrogen and oxygen atoms in total. The van der Waals surface area contributed by atoms with Gasteiger partial charge in [-0.05, 0) is 43.2 Å². The first-order valence-corrected chi connectivity index (χ1v) is 13.8. The third-order valence-electron chi connectivity index (χ3n) is 6.62. The van der Waals surface area contributed by atoms with Gasteiger partial charge in [-0.25, -0.2) is 9.97 Å². The molecule has 0 atom stereocenters. The molecule has 0 radical (unpaired) electrons. The number of furan rings is 1. The van der Waals surface area contributed by atoms with E-state index in [2.05, 4.69) is 9.88 Å². The molecule has 11 heteroatoms. The van der Waals surface area contributed by atoms with Gasteiger partial charge in [0.25, 0.3) is 5.91 Å². The number of hydrogen-bond donors (Lipinski definition) is 0. The Morgan fingerprint density at radius 3 is 2.41 bits per heavy atom. The van der Waals surface area contributed by atoms with Crippen molar-refractivity contribution >= 4 is 29.4 Å². The number of amides is 2. The van der Waals surface area contributed by atoms with Crippen LogP contribution in [-0.4, -0.2) is 85.6 Å². The maximum atomic E-state index is 12.8. The Morgan fingerprint density at radius 2 is 1.72 bits per heavy atom. The van der Waals surface area contributed by atoms with E-state index in [1.807, 2.05) is 44.3 Å². The van der Waals surface area contributed by atoms with Crippen LogP contribution in [0.25, 0.3) is 0 Å². The highest BCUT2D eigenvalue weighted by Gasteiger charge is 2.25. The number of nitrogens with zero attached hydrogens (tertiary/aromatic N) is 5. The molecule has 4 rings (SSSR count). The Labute approximate surface area is 233 Å². The van der Waals surface area contributed by atoms with Crippen molar-refractivity contribution in [1.82, 2.24) is 19.8 Å². The van der Waals surface area contributed by atoms with E-state index in [4.69, 9.17) is 18.9 Å². The number of hydrogen-bond acceptors (Lipinski definition) is 9. The van der Waals surface area contributed by atoms with Crippen molar-refractivity contribution in [2.45, 2.75) is 31.2 Å². The van der Waals surface area contributed by atoms with Gasteiger partial charge in [-0.1, -0.05) is 17.8 Å². The standard InChI is InChI=1S/C28H35N5O5S/c1-19-16-26(31(3)11-10-21-6-8-23(36-4)25(17-21)37-5)30-28(29-19)39-18-22-7-9-24(38-22)27(35)33-14-12-32(13-15-33)20(2)34/h6-9,16-17H,10-15,18H2,1-5H3. The van der Waals surface area contributed by atoms with Gasteiger partial charge >= 0.3 is 0 Å². The molecule has 0 aliphatic carbocycles. The minimum Gasteiger partial charge on any atom is -0.493 e. The number of aryl methyl sites for hydroxylation is 1. The summed E-state index contributed by atoms with van der Waals surface area (Å²) in [4.78, 5) is 39.3. The minimum absolute atomic E-state index is 0.0324. The Balaban J connectivity index is 1.33. The van der Waals surface area contributed by atoms with Crippen LogP contribution in [0.2, 0.25) is 0 Å². The fourth-order valence-corrected chi connectivity index (χ4v) is 5.11. The second-order valence-electron chi connectivity index (χ2n) is 9.36. The minimum atomic E-state index is -0.153. The van der Waals surface area contributed by atoms with Gasteiger partial charge in [-0.2, -0.15) is 0 Å². The topological polar surface area (TPSA) is 101 Å². The van der Waals surface area contributed by atoms with Crippen molar-refractivity contribution in [1.29, 1.82) is 0 Å². The first-order chi connectivity index (χ1) is 18.8. The molecule has 208 valence electrons. The summed E-state index contributed by atoms with van der Waals surface area (Å²) in [5.41, 5.74) is 2.02. The third-order valence-corrected chi connectivity index (χ3v) is 7.49. The van der Waals surface area contributed by atoms with Crippen LogP contribution in [0.15, 0.2) is 46.0 Å². The zero-order chi connectivity index (χ0) is 27.9. The van der Waals surface area contributed by atoms with Crippen molar-refractivity contribution in [2.24, 2.45) is 0 Å². The maximum Gasteiger partial charge on any atom is 0.289 e. The zero-order valence-electron chi connectivity index (χ0n) is 23.1. The van der Waals surface area contributed by atoms with Crippen LogP contribution in [0.4, 0.5) is 5.82 Å². The summed E-state index contributed by atoms with van der Waals surface area (Å²) in [7, 11) is 5.28. The van der Waals surface area contributed by atoms with Crippen molar-refractivity contribution in [3.63, 3.8) is 0 Å². The lowest BCUT2D eigenvalue weighted by molar-refractivity contribution is -0.130. The molecule has 0 unspecified atom stereocenters. The molecule has 1 fully saturated rings. The van der Waals surface area contributed by atoms with E-state index < -0.39 is 0 Å². The number of methoxy groups -OCH3 is 2. The lowest BCUT2D eigenvalue weighted by Crippen LogP contribution is -2.50. The summed E-state index contributed by atoms with van der Waals surface area (Å²) < 4.78 is 16.6. The van der Waals surface area contributed by atoms with Gasteiger partial charge in [0, 0.05) is 58.5 Å². The molecule has 1 saturated heterocycles. The van der Waals surface area contributed by atoms with Gasteiger partial charge in [-0.3, -0.25) is 9.59 Å². The fraction of sp³-hybridized carbons (Fsp3) is 0.429. The van der Waals surface area contributed by atoms with Gasteiger partial charge < -0.3 is 28.6 Å². The number of aromatic nitrogens is 2. The van der Waals surface area contributed by atoms with Crippen molar-refractivity contribution in [2.75, 3.05) is 58.9 Å². The molecule has 39 heavy (non-hydrogen) atoms. The van der Waals surface area contributed by atoms with E-state index in [0.29, 0.717) is 60.1 Å². The summed E-state index contributed by atoms with van der Waals surface area (Å²) in [5, 5.41) is 0.646. The van der Waals surface area contributed by atoms with Gasteiger partial charge in [0.15, 0.2) is 22.4 Å². The number of piperazine rings is 1. The number of thioether (sulfide) groups is 1. The van der Waals surface area contributed by atoms with E-state index in [-0.39, 0.29) is 11.8 Å². The zero-order valence-corrected chi connectivity index (χ0v) is 23.9. The van der Waals surface area contributed by atoms with Crippen LogP contribution in [0, 0.1) is 6.92 Å². The van der Waals surface area contributed by atoms with Gasteiger partial charge in [-0.15, -0.1) is 0 Å². The predicted octanol–water partition coefficient (Wildman–Crippen LogP) is 3.67. The fourth-order valence-electron chi connectivity index (χ4n) is 4.32. The molecule has 1 aliphatic heterocycles. The number of anilines is 1. The second-order valence-corrected chi connectivity index (χ2v) is 10.3. The molecule has 1 aliphatic rings. The molecule has 0 bridgehead atoms. The van der Waals surface area contributed by atoms with Crippen LogP contribution >= 0.6 is 11.8 Å². The van der Waals surface area contributed by atoms with Crippen LogP contribution < -0.4 is 14.4 Å². The summed E-state index contributed by atoms with van der Waals surface area (Å²) >= 11 is 1.46. The predicted molar refractivity (Wildman–Crippen MR) is 150 cm³/mol. The first kappa shape index (κ1) is 28.3. The Hall–Kier alpha value is -3.73. The second kappa shape index (κ2) is 12.9. The molecule has 0 saturated carbocycles. The summed E-state index contributed by atoms with van der Waals surface area (Å²) in [6.07, 6.45) is 0.815. The Morgan fingerprint density at radius 1 is 1.00 bits per heavy atom. The molecule has 0 spiro atoms. The van der Waals surface area contributed by atoms with E-state index in [1.54, 1.807) is 37.0 Å². The maximum absolute atomic E-state index is 12.8. The quantitative estimate of drug-likeness (QED) is 0.275. The molecular weight excluding hydrogens is 518 g/mol. The Kier molecular flexibility index (Phi) is 9.34. The van der Waals surface area contributed by atoms with Crippen LogP contribution in [0.1, 0.15) is 34.5 Å². The summed E-state index contributed by atoms with van der Waals surface area (Å²) in [6, 6.07) is 11.4. The third kappa shape index (κ3) is 7.23. The lowest BCUT2D eigenvalue weighted by Gasteiger charge is -2.33. The Bertz CT molecular complexity index is 1310. The first-order valence-electron chi connectivity index (χ1n) is 12.8. The lowest BCUT2D eigenvalue weighted by atomic mass is 10.1. The number of ether oxygens (including phenoxy) is 2. The molecule has 3 aromatic rings. The highest BCUT2D eigenvalue weighted by molar-refractivity contribution is 7.98. The molecule has 2 amide bonds. The van der Waals surface area contributed by atoms with Crippen molar-refractivity contribution in [3.05, 3.63) is 59.2 Å². The van der Waals surface area contributed by atoms with Gasteiger partial charge in [0.1, 0.15) is 11.6 Å². The molecule has 0 N–H and O–H groups in total. The average molecular weight is 554 g/mol. The molecular formula is C28H35N5O5S. The normalized spacial score (nSPS) is 13.4. The number of carbonyl (C=O) groups excluding carboxylic acids is 2. The van der Waals surface area contributed by atoms with Crippen LogP contribution in [0.5, 0.6) is 11.5 Å². The number of carbonyl (C=O) groups is 2. The highest BCUT2D eigenvalue weighted by atomic mass is 32.2. The van der Waals surface area contributed by atoms with E-state index >= 15 is 0 Å². The smallest absolute Gasteiger partial charge is 0.289 e. The van der Waals surface area contributed by atoms with E-state index in [9.17, 15) is 9.59 Å². The van der Waals surface area contributed by atoms with Crippen LogP contribution in [-0.2, 0) is 17.0 Å². The van der Waals surface area contributed by atoms with Gasteiger partial charge in [0.2, 0.25) is 5.91 Å². The van der Waals surface area contributed by atoms with E-state index in [1.165, 1.54) is 11.8 Å². The summed E-state index contributed by atoms with van der Waals surface area (Å²) in [5.74, 6) is 3.64. The number of likely N-dealkylation sites (N-methyl/N-ethyl adjacent to an activating group) is 1. The molecule has 1 aromatic carbocycles. The highest BCUT2D eigenvalue weighted by Crippen LogP contribution is 2.28. The SMILES string of the molecule is COc1ccc(CCN(C)c2cc(C)nc(SCc3ccc(C(=O)N4CCN(C(C)=O)CC4)o3)n2)cc1OC. The van der Waals surface area contributed by atoms with Gasteiger partial charge in [0.05, 0.1) is 20.0 Å². The van der Waals surface area contributed by atoms with Crippen molar-refractivity contribution in [3.8, 4) is 11.5 Å². The molecule has 3 heterocycles. The van der Waals surface area contributed by atoms with E-state index in [0.717, 1.165) is 30.0 Å². The monoisotopic (exact) mass is 553 g/mol. The number of benzene rings is 1.